The second-order valence-electron chi connectivity index (χ2n) is 6.46. The van der Waals surface area contributed by atoms with Crippen molar-refractivity contribution in [3.05, 3.63) is 16.3 Å². The van der Waals surface area contributed by atoms with Gasteiger partial charge in [-0.2, -0.15) is 0 Å². The number of ether oxygens (including phenoxy) is 1. The average molecular weight is 363 g/mol. The van der Waals surface area contributed by atoms with Gasteiger partial charge in [-0.1, -0.05) is 0 Å². The van der Waals surface area contributed by atoms with Crippen molar-refractivity contribution in [2.45, 2.75) is 26.8 Å². The SMILES string of the molecule is COCC(=O)N1CCN([C@@H](C)c2nc(N)c3c(C)c(C)sc3n2)CC1. The van der Waals surface area contributed by atoms with Gasteiger partial charge < -0.3 is 15.4 Å². The zero-order chi connectivity index (χ0) is 18.1. The van der Waals surface area contributed by atoms with Crippen molar-refractivity contribution in [1.82, 2.24) is 19.8 Å². The Kier molecular flexibility index (Phi) is 5.21. The Balaban J connectivity index is 1.75. The van der Waals surface area contributed by atoms with Crippen LogP contribution in [0.2, 0.25) is 0 Å². The number of thiophene rings is 1. The first-order chi connectivity index (χ1) is 11.9. The number of hydrogen-bond acceptors (Lipinski definition) is 7. The predicted octanol–water partition coefficient (Wildman–Crippen LogP) is 1.74. The molecule has 0 spiro atoms. The van der Waals surface area contributed by atoms with Crippen LogP contribution in [0.5, 0.6) is 0 Å². The van der Waals surface area contributed by atoms with Gasteiger partial charge in [0, 0.05) is 38.2 Å². The van der Waals surface area contributed by atoms with Crippen LogP contribution in [0.3, 0.4) is 0 Å². The molecule has 1 atom stereocenters. The number of nitrogen functional groups attached to an aromatic ring is 1. The zero-order valence-corrected chi connectivity index (χ0v) is 16.0. The van der Waals surface area contributed by atoms with E-state index in [1.54, 1.807) is 18.4 Å². The van der Waals surface area contributed by atoms with Gasteiger partial charge in [-0.3, -0.25) is 9.69 Å². The maximum atomic E-state index is 11.9. The first-order valence-corrected chi connectivity index (χ1v) is 9.28. The summed E-state index contributed by atoms with van der Waals surface area (Å²) in [7, 11) is 1.54. The molecule has 0 saturated carbocycles. The van der Waals surface area contributed by atoms with E-state index in [1.807, 2.05) is 4.90 Å². The number of carbonyl (C=O) groups is 1. The summed E-state index contributed by atoms with van der Waals surface area (Å²) >= 11 is 1.66. The number of anilines is 1. The minimum absolute atomic E-state index is 0.0428. The zero-order valence-electron chi connectivity index (χ0n) is 15.2. The van der Waals surface area contributed by atoms with Crippen molar-refractivity contribution >= 4 is 33.3 Å². The van der Waals surface area contributed by atoms with E-state index in [4.69, 9.17) is 15.5 Å². The number of amides is 1. The Morgan fingerprint density at radius 1 is 1.28 bits per heavy atom. The highest BCUT2D eigenvalue weighted by Gasteiger charge is 2.26. The van der Waals surface area contributed by atoms with Crippen molar-refractivity contribution in [2.24, 2.45) is 0 Å². The molecule has 0 aliphatic carbocycles. The van der Waals surface area contributed by atoms with E-state index in [0.29, 0.717) is 18.9 Å². The van der Waals surface area contributed by atoms with Gasteiger partial charge in [0.2, 0.25) is 5.91 Å². The number of carbonyl (C=O) groups excluding carboxylic acids is 1. The highest BCUT2D eigenvalue weighted by Crippen LogP contribution is 2.33. The third-order valence-corrected chi connectivity index (χ3v) is 6.03. The van der Waals surface area contributed by atoms with Crippen LogP contribution >= 0.6 is 11.3 Å². The topological polar surface area (TPSA) is 84.6 Å². The molecule has 1 amide bonds. The number of piperazine rings is 1. The molecule has 7 nitrogen and oxygen atoms in total. The lowest BCUT2D eigenvalue weighted by Crippen LogP contribution is -2.50. The fourth-order valence-electron chi connectivity index (χ4n) is 3.22. The van der Waals surface area contributed by atoms with E-state index in [9.17, 15) is 4.79 Å². The molecular formula is C17H25N5O2S. The van der Waals surface area contributed by atoms with Gasteiger partial charge in [0.15, 0.2) is 0 Å². The summed E-state index contributed by atoms with van der Waals surface area (Å²) in [5.74, 6) is 1.35. The lowest BCUT2D eigenvalue weighted by atomic mass is 10.2. The summed E-state index contributed by atoms with van der Waals surface area (Å²) in [5, 5.41) is 0.980. The second kappa shape index (κ2) is 7.23. The fourth-order valence-corrected chi connectivity index (χ4v) is 4.27. The first kappa shape index (κ1) is 18.0. The monoisotopic (exact) mass is 363 g/mol. The summed E-state index contributed by atoms with van der Waals surface area (Å²) in [5.41, 5.74) is 7.37. The van der Waals surface area contributed by atoms with Crippen LogP contribution in [0.25, 0.3) is 10.2 Å². The van der Waals surface area contributed by atoms with Crippen LogP contribution in [0.4, 0.5) is 5.82 Å². The molecule has 2 aromatic heterocycles. The molecule has 25 heavy (non-hydrogen) atoms. The molecule has 1 aliphatic heterocycles. The Morgan fingerprint density at radius 3 is 2.60 bits per heavy atom. The number of aryl methyl sites for hydroxylation is 2. The molecule has 1 saturated heterocycles. The van der Waals surface area contributed by atoms with Gasteiger partial charge in [-0.15, -0.1) is 11.3 Å². The van der Waals surface area contributed by atoms with Crippen LogP contribution in [0.15, 0.2) is 0 Å². The van der Waals surface area contributed by atoms with Crippen molar-refractivity contribution in [3.8, 4) is 0 Å². The average Bonchev–Trinajstić information content (AvgIpc) is 2.89. The van der Waals surface area contributed by atoms with Gasteiger partial charge in [-0.25, -0.2) is 9.97 Å². The number of fused-ring (bicyclic) bond motifs is 1. The highest BCUT2D eigenvalue weighted by atomic mass is 32.1. The molecule has 3 rings (SSSR count). The fraction of sp³-hybridized carbons (Fsp3) is 0.588. The van der Waals surface area contributed by atoms with Crippen LogP contribution in [-0.2, 0) is 9.53 Å². The molecule has 8 heteroatoms. The molecule has 1 aliphatic rings. The molecule has 2 N–H and O–H groups in total. The largest absolute Gasteiger partial charge is 0.383 e. The van der Waals surface area contributed by atoms with Crippen LogP contribution < -0.4 is 5.73 Å². The van der Waals surface area contributed by atoms with Crippen molar-refractivity contribution in [3.63, 3.8) is 0 Å². The highest BCUT2D eigenvalue weighted by molar-refractivity contribution is 7.18. The first-order valence-electron chi connectivity index (χ1n) is 8.46. The molecule has 0 unspecified atom stereocenters. The van der Waals surface area contributed by atoms with E-state index in [2.05, 4.69) is 30.7 Å². The summed E-state index contributed by atoms with van der Waals surface area (Å²) in [6.45, 7) is 9.36. The van der Waals surface area contributed by atoms with E-state index in [-0.39, 0.29) is 18.6 Å². The third-order valence-electron chi connectivity index (χ3n) is 4.93. The number of aromatic nitrogens is 2. The maximum absolute atomic E-state index is 11.9. The normalized spacial score (nSPS) is 17.2. The van der Waals surface area contributed by atoms with Gasteiger partial charge in [-0.05, 0) is 26.3 Å². The van der Waals surface area contributed by atoms with E-state index in [0.717, 1.165) is 29.1 Å². The van der Waals surface area contributed by atoms with E-state index < -0.39 is 0 Å². The number of methoxy groups -OCH3 is 1. The lowest BCUT2D eigenvalue weighted by molar-refractivity contribution is -0.137. The van der Waals surface area contributed by atoms with Crippen LogP contribution in [0, 0.1) is 13.8 Å². The third kappa shape index (κ3) is 3.47. The Labute approximate surface area is 151 Å². The summed E-state index contributed by atoms with van der Waals surface area (Å²) in [6, 6.07) is 0.0640. The minimum atomic E-state index is 0.0428. The number of nitrogens with two attached hydrogens (primary N) is 1. The number of hydrogen-bond donors (Lipinski definition) is 1. The number of nitrogens with zero attached hydrogens (tertiary/aromatic N) is 4. The molecule has 1 fully saturated rings. The van der Waals surface area contributed by atoms with Crippen molar-refractivity contribution in [2.75, 3.05) is 45.6 Å². The minimum Gasteiger partial charge on any atom is -0.383 e. The van der Waals surface area contributed by atoms with E-state index in [1.165, 1.54) is 10.4 Å². The summed E-state index contributed by atoms with van der Waals surface area (Å²) < 4.78 is 4.93. The molecule has 0 bridgehead atoms. The Bertz CT molecular complexity index is 783. The van der Waals surface area contributed by atoms with Crippen molar-refractivity contribution < 1.29 is 9.53 Å². The Morgan fingerprint density at radius 2 is 1.96 bits per heavy atom. The number of rotatable bonds is 4. The molecule has 2 aromatic rings. The molecule has 3 heterocycles. The smallest absolute Gasteiger partial charge is 0.248 e. The molecule has 136 valence electrons. The standard InChI is InChI=1S/C17H25N5O2S/c1-10-12(3)25-17-14(10)15(18)19-16(20-17)11(2)21-5-7-22(8-6-21)13(23)9-24-4/h11H,5-9H2,1-4H3,(H2,18,19,20)/t11-/m0/s1. The lowest BCUT2D eigenvalue weighted by Gasteiger charge is -2.37. The molecule has 0 radical (unpaired) electrons. The van der Waals surface area contributed by atoms with Gasteiger partial charge in [0.05, 0.1) is 11.4 Å². The van der Waals surface area contributed by atoms with E-state index >= 15 is 0 Å². The van der Waals surface area contributed by atoms with Gasteiger partial charge in [0.1, 0.15) is 23.1 Å². The predicted molar refractivity (Wildman–Crippen MR) is 99.7 cm³/mol. The Hall–Kier alpha value is -1.77. The van der Waals surface area contributed by atoms with Crippen LogP contribution in [0.1, 0.15) is 29.2 Å². The molecular weight excluding hydrogens is 338 g/mol. The molecule has 0 aromatic carbocycles. The summed E-state index contributed by atoms with van der Waals surface area (Å²) in [4.78, 5) is 27.6. The van der Waals surface area contributed by atoms with Gasteiger partial charge in [0.25, 0.3) is 0 Å². The maximum Gasteiger partial charge on any atom is 0.248 e. The summed E-state index contributed by atoms with van der Waals surface area (Å²) in [6.07, 6.45) is 0. The van der Waals surface area contributed by atoms with Gasteiger partial charge >= 0.3 is 0 Å². The quantitative estimate of drug-likeness (QED) is 0.891. The van der Waals surface area contributed by atoms with Crippen molar-refractivity contribution in [1.29, 1.82) is 0 Å². The van der Waals surface area contributed by atoms with Crippen LogP contribution in [-0.4, -0.2) is 65.6 Å². The second-order valence-corrected chi connectivity index (χ2v) is 7.66.